The Labute approximate surface area is 108 Å². The van der Waals surface area contributed by atoms with Crippen LogP contribution in [0, 0.1) is 22.7 Å². The quantitative estimate of drug-likeness (QED) is 0.860. The summed E-state index contributed by atoms with van der Waals surface area (Å²) in [6.07, 6.45) is 1.55. The van der Waals surface area contributed by atoms with Gasteiger partial charge >= 0.3 is 0 Å². The summed E-state index contributed by atoms with van der Waals surface area (Å²) in [6.45, 7) is 2.65. The number of piperidine rings is 1. The van der Waals surface area contributed by atoms with Crippen LogP contribution < -0.4 is 0 Å². The average Bonchev–Trinajstić information content (AvgIpc) is 2.98. The zero-order chi connectivity index (χ0) is 12.6. The Bertz CT molecular complexity index is 467. The van der Waals surface area contributed by atoms with Crippen LogP contribution in [0.2, 0.25) is 0 Å². The van der Waals surface area contributed by atoms with E-state index < -0.39 is 0 Å². The summed E-state index contributed by atoms with van der Waals surface area (Å²) >= 11 is 0. The number of nitrogens with zero attached hydrogens (tertiary/aromatic N) is 2. The molecule has 0 amide bonds. The number of hydrogen-bond acceptors (Lipinski definition) is 3. The van der Waals surface area contributed by atoms with E-state index in [4.69, 9.17) is 5.26 Å². The molecule has 0 radical (unpaired) electrons. The van der Waals surface area contributed by atoms with Crippen LogP contribution in [0.15, 0.2) is 30.3 Å². The minimum Gasteiger partial charge on any atom is -0.392 e. The predicted octanol–water partition coefficient (Wildman–Crippen LogP) is 1.78. The molecule has 0 bridgehead atoms. The summed E-state index contributed by atoms with van der Waals surface area (Å²) in [5.74, 6) is 0.0691. The van der Waals surface area contributed by atoms with Crippen LogP contribution in [-0.4, -0.2) is 29.2 Å². The van der Waals surface area contributed by atoms with E-state index in [2.05, 4.69) is 23.1 Å². The summed E-state index contributed by atoms with van der Waals surface area (Å²) in [5.41, 5.74) is 1.30. The van der Waals surface area contributed by atoms with Crippen molar-refractivity contribution in [1.82, 2.24) is 4.90 Å². The number of aliphatic hydroxyl groups excluding tert-OH is 1. The average molecular weight is 242 g/mol. The fraction of sp³-hybridized carbons (Fsp3) is 0.533. The Kier molecular flexibility index (Phi) is 2.85. The van der Waals surface area contributed by atoms with E-state index in [1.165, 1.54) is 5.56 Å². The molecule has 1 unspecified atom stereocenters. The molecule has 3 rings (SSSR count). The van der Waals surface area contributed by atoms with Crippen molar-refractivity contribution in [3.05, 3.63) is 35.9 Å². The third-order valence-corrected chi connectivity index (χ3v) is 4.25. The van der Waals surface area contributed by atoms with Crippen molar-refractivity contribution in [2.24, 2.45) is 11.3 Å². The van der Waals surface area contributed by atoms with Gasteiger partial charge in [-0.1, -0.05) is 30.3 Å². The van der Waals surface area contributed by atoms with Gasteiger partial charge in [0.2, 0.25) is 0 Å². The lowest BCUT2D eigenvalue weighted by molar-refractivity contribution is 0.0898. The maximum Gasteiger partial charge on any atom is 0.0669 e. The molecule has 2 fully saturated rings. The van der Waals surface area contributed by atoms with E-state index in [0.29, 0.717) is 0 Å². The fourth-order valence-electron chi connectivity index (χ4n) is 3.21. The molecule has 1 heterocycles. The van der Waals surface area contributed by atoms with Crippen molar-refractivity contribution in [3.8, 4) is 6.07 Å². The smallest absolute Gasteiger partial charge is 0.0669 e. The van der Waals surface area contributed by atoms with Crippen LogP contribution in [0.5, 0.6) is 0 Å². The minimum atomic E-state index is -0.188. The molecule has 1 saturated carbocycles. The molecular weight excluding hydrogens is 224 g/mol. The van der Waals surface area contributed by atoms with Crippen molar-refractivity contribution < 1.29 is 5.11 Å². The van der Waals surface area contributed by atoms with Gasteiger partial charge in [0.15, 0.2) is 0 Å². The highest BCUT2D eigenvalue weighted by Gasteiger charge is 2.57. The van der Waals surface area contributed by atoms with E-state index in [-0.39, 0.29) is 17.4 Å². The van der Waals surface area contributed by atoms with Gasteiger partial charge in [-0.3, -0.25) is 4.90 Å². The highest BCUT2D eigenvalue weighted by molar-refractivity contribution is 5.16. The van der Waals surface area contributed by atoms with Crippen LogP contribution in [0.3, 0.4) is 0 Å². The van der Waals surface area contributed by atoms with Crippen molar-refractivity contribution in [2.75, 3.05) is 13.1 Å². The second kappa shape index (κ2) is 4.38. The summed E-state index contributed by atoms with van der Waals surface area (Å²) < 4.78 is 0. The number of hydrogen-bond donors (Lipinski definition) is 1. The fourth-order valence-corrected chi connectivity index (χ4v) is 3.21. The van der Waals surface area contributed by atoms with Crippen LogP contribution in [0.25, 0.3) is 0 Å². The monoisotopic (exact) mass is 242 g/mol. The third-order valence-electron chi connectivity index (χ3n) is 4.25. The molecule has 3 atom stereocenters. The van der Waals surface area contributed by atoms with Gasteiger partial charge in [0.25, 0.3) is 0 Å². The molecule has 1 N–H and O–H groups in total. The standard InChI is InChI=1S/C15H18N2O/c16-8-13-6-15(7-14(15)18)11-17(10-13)9-12-4-2-1-3-5-12/h1-5,13-14,18H,6-7,9-11H2/t13-,14?,15-/m1/s1. The van der Waals surface area contributed by atoms with Gasteiger partial charge in [-0.05, 0) is 18.4 Å². The largest absolute Gasteiger partial charge is 0.392 e. The topological polar surface area (TPSA) is 47.3 Å². The zero-order valence-electron chi connectivity index (χ0n) is 10.4. The Morgan fingerprint density at radius 2 is 2.06 bits per heavy atom. The first-order valence-electron chi connectivity index (χ1n) is 6.56. The van der Waals surface area contributed by atoms with Gasteiger partial charge in [0, 0.05) is 25.0 Å². The van der Waals surface area contributed by atoms with Crippen molar-refractivity contribution >= 4 is 0 Å². The Morgan fingerprint density at radius 1 is 1.33 bits per heavy atom. The summed E-state index contributed by atoms with van der Waals surface area (Å²) in [5, 5.41) is 19.0. The van der Waals surface area contributed by atoms with E-state index in [9.17, 15) is 5.11 Å². The molecule has 1 aromatic carbocycles. The Morgan fingerprint density at radius 3 is 2.67 bits per heavy atom. The maximum absolute atomic E-state index is 9.80. The number of benzene rings is 1. The van der Waals surface area contributed by atoms with Crippen LogP contribution >= 0.6 is 0 Å². The van der Waals surface area contributed by atoms with Gasteiger partial charge in [-0.25, -0.2) is 0 Å². The summed E-state index contributed by atoms with van der Waals surface area (Å²) in [6, 6.07) is 12.7. The second-order valence-corrected chi connectivity index (χ2v) is 5.77. The lowest BCUT2D eigenvalue weighted by Gasteiger charge is -2.35. The van der Waals surface area contributed by atoms with Crippen molar-refractivity contribution in [2.45, 2.75) is 25.5 Å². The second-order valence-electron chi connectivity index (χ2n) is 5.77. The molecule has 94 valence electrons. The Hall–Kier alpha value is -1.37. The van der Waals surface area contributed by atoms with Crippen LogP contribution in [-0.2, 0) is 6.54 Å². The van der Waals surface area contributed by atoms with Crippen LogP contribution in [0.4, 0.5) is 0 Å². The molecule has 18 heavy (non-hydrogen) atoms. The Balaban J connectivity index is 1.71. The lowest BCUT2D eigenvalue weighted by atomic mass is 9.87. The first-order valence-corrected chi connectivity index (χ1v) is 6.56. The van der Waals surface area contributed by atoms with E-state index in [0.717, 1.165) is 32.5 Å². The molecule has 3 heteroatoms. The molecule has 1 aliphatic heterocycles. The molecule has 1 aliphatic carbocycles. The summed E-state index contributed by atoms with van der Waals surface area (Å²) in [7, 11) is 0. The number of likely N-dealkylation sites (tertiary alicyclic amines) is 1. The van der Waals surface area contributed by atoms with Gasteiger partial charge < -0.3 is 5.11 Å². The highest BCUT2D eigenvalue weighted by atomic mass is 16.3. The number of aliphatic hydroxyl groups is 1. The first-order chi connectivity index (χ1) is 8.72. The molecule has 1 aromatic rings. The molecule has 1 saturated heterocycles. The predicted molar refractivity (Wildman–Crippen MR) is 68.5 cm³/mol. The van der Waals surface area contributed by atoms with E-state index in [1.54, 1.807) is 0 Å². The van der Waals surface area contributed by atoms with Gasteiger partial charge in [0.1, 0.15) is 0 Å². The summed E-state index contributed by atoms with van der Waals surface area (Å²) in [4.78, 5) is 2.32. The van der Waals surface area contributed by atoms with Gasteiger partial charge in [0.05, 0.1) is 18.1 Å². The molecular formula is C15H18N2O. The van der Waals surface area contributed by atoms with Gasteiger partial charge in [-0.15, -0.1) is 0 Å². The number of nitriles is 1. The van der Waals surface area contributed by atoms with Gasteiger partial charge in [-0.2, -0.15) is 5.26 Å². The van der Waals surface area contributed by atoms with Crippen molar-refractivity contribution in [3.63, 3.8) is 0 Å². The van der Waals surface area contributed by atoms with E-state index in [1.807, 2.05) is 18.2 Å². The van der Waals surface area contributed by atoms with Crippen LogP contribution in [0.1, 0.15) is 18.4 Å². The normalized spacial score (nSPS) is 35.3. The maximum atomic E-state index is 9.80. The number of rotatable bonds is 2. The molecule has 1 spiro atoms. The highest BCUT2D eigenvalue weighted by Crippen LogP contribution is 2.53. The molecule has 3 nitrogen and oxygen atoms in total. The lowest BCUT2D eigenvalue weighted by Crippen LogP contribution is -2.42. The minimum absolute atomic E-state index is 0.0213. The SMILES string of the molecule is N#C[C@@H]1CN(Cc2ccccc2)C[C@]2(CC2O)C1. The molecule has 0 aromatic heterocycles. The first kappa shape index (κ1) is 11.7. The zero-order valence-corrected chi connectivity index (χ0v) is 10.4. The van der Waals surface area contributed by atoms with E-state index >= 15 is 0 Å². The van der Waals surface area contributed by atoms with Crippen molar-refractivity contribution in [1.29, 1.82) is 5.26 Å². The molecule has 2 aliphatic rings. The third kappa shape index (κ3) is 2.14.